The van der Waals surface area contributed by atoms with Crippen LogP contribution in [0.1, 0.15) is 26.7 Å². The fraction of sp³-hybridized carbons (Fsp3) is 0.208. The number of amides is 1. The molecule has 0 fully saturated rings. The summed E-state index contributed by atoms with van der Waals surface area (Å²) in [7, 11) is 0. The number of aromatic nitrogens is 1. The molecule has 0 atom stereocenters. The summed E-state index contributed by atoms with van der Waals surface area (Å²) in [6.07, 6.45) is 2.86. The zero-order valence-electron chi connectivity index (χ0n) is 16.7. The van der Waals surface area contributed by atoms with Crippen molar-refractivity contribution < 1.29 is 14.3 Å². The number of rotatable bonds is 5. The van der Waals surface area contributed by atoms with E-state index in [-0.39, 0.29) is 12.5 Å². The van der Waals surface area contributed by atoms with Crippen molar-refractivity contribution in [2.45, 2.75) is 13.3 Å². The monoisotopic (exact) mass is 418 g/mol. The van der Waals surface area contributed by atoms with Crippen LogP contribution in [0.4, 0.5) is 0 Å². The summed E-state index contributed by atoms with van der Waals surface area (Å²) in [4.78, 5) is 31.8. The van der Waals surface area contributed by atoms with E-state index >= 15 is 0 Å². The van der Waals surface area contributed by atoms with Crippen LogP contribution in [0, 0.1) is 6.92 Å². The van der Waals surface area contributed by atoms with Crippen molar-refractivity contribution in [2.24, 2.45) is 0 Å². The quantitative estimate of drug-likeness (QED) is 0.569. The summed E-state index contributed by atoms with van der Waals surface area (Å²) >= 11 is 1.28. The normalized spacial score (nSPS) is 13.6. The van der Waals surface area contributed by atoms with Gasteiger partial charge in [-0.25, -0.2) is 9.78 Å². The third-order valence-corrected chi connectivity index (χ3v) is 5.95. The van der Waals surface area contributed by atoms with Gasteiger partial charge in [0.25, 0.3) is 5.91 Å². The molecule has 0 bridgehead atoms. The maximum absolute atomic E-state index is 12.6. The molecule has 1 aliphatic rings. The fourth-order valence-corrected chi connectivity index (χ4v) is 4.29. The zero-order valence-corrected chi connectivity index (χ0v) is 17.5. The Bertz CT molecular complexity index is 1070. The molecule has 1 aromatic heterocycles. The summed E-state index contributed by atoms with van der Waals surface area (Å²) in [5, 5.41) is 0.779. The van der Waals surface area contributed by atoms with E-state index in [9.17, 15) is 9.59 Å². The Morgan fingerprint density at radius 1 is 1.03 bits per heavy atom. The number of carbonyl (C=O) groups is 2. The van der Waals surface area contributed by atoms with E-state index in [1.54, 1.807) is 4.90 Å². The molecule has 0 unspecified atom stereocenters. The SMILES string of the molecule is Cc1nc(-c2ccccc2)c(C(=O)OCC(=O)N2CC=C(c3ccccc3)CC2)s1. The number of thiazole rings is 1. The van der Waals surface area contributed by atoms with Gasteiger partial charge in [-0.2, -0.15) is 0 Å². The molecule has 0 aliphatic carbocycles. The van der Waals surface area contributed by atoms with Crippen molar-refractivity contribution in [1.29, 1.82) is 0 Å². The lowest BCUT2D eigenvalue weighted by Crippen LogP contribution is -2.37. The van der Waals surface area contributed by atoms with Crippen LogP contribution in [0.15, 0.2) is 66.7 Å². The first-order valence-electron chi connectivity index (χ1n) is 9.84. The van der Waals surface area contributed by atoms with Crippen molar-refractivity contribution in [3.05, 3.63) is 82.2 Å². The van der Waals surface area contributed by atoms with E-state index in [2.05, 4.69) is 23.2 Å². The third-order valence-electron chi connectivity index (χ3n) is 5.00. The van der Waals surface area contributed by atoms with Gasteiger partial charge in [-0.05, 0) is 24.5 Å². The maximum atomic E-state index is 12.6. The second-order valence-electron chi connectivity index (χ2n) is 7.04. The molecule has 0 N–H and O–H groups in total. The standard InChI is InChI=1S/C24H22N2O3S/c1-17-25-22(20-10-6-3-7-11-20)23(30-17)24(28)29-16-21(27)26-14-12-19(13-15-26)18-8-4-2-5-9-18/h2-12H,13-16H2,1H3. The van der Waals surface area contributed by atoms with Gasteiger partial charge >= 0.3 is 5.97 Å². The lowest BCUT2D eigenvalue weighted by atomic mass is 10.00. The van der Waals surface area contributed by atoms with E-state index in [0.29, 0.717) is 23.7 Å². The van der Waals surface area contributed by atoms with E-state index in [1.165, 1.54) is 22.5 Å². The van der Waals surface area contributed by atoms with Gasteiger partial charge < -0.3 is 9.64 Å². The first kappa shape index (κ1) is 20.0. The third kappa shape index (κ3) is 4.49. The summed E-state index contributed by atoms with van der Waals surface area (Å²) < 4.78 is 5.35. The van der Waals surface area contributed by atoms with Gasteiger partial charge in [0.05, 0.1) is 10.7 Å². The number of ether oxygens (including phenoxy) is 1. The summed E-state index contributed by atoms with van der Waals surface area (Å²) in [6, 6.07) is 19.7. The molecule has 0 saturated carbocycles. The number of aryl methyl sites for hydroxylation is 1. The maximum Gasteiger partial charge on any atom is 0.351 e. The van der Waals surface area contributed by atoms with E-state index < -0.39 is 5.97 Å². The first-order chi connectivity index (χ1) is 14.6. The van der Waals surface area contributed by atoms with Gasteiger partial charge in [-0.15, -0.1) is 11.3 Å². The van der Waals surface area contributed by atoms with Gasteiger partial charge in [0, 0.05) is 18.7 Å². The topological polar surface area (TPSA) is 59.5 Å². The lowest BCUT2D eigenvalue weighted by Gasteiger charge is -2.26. The second kappa shape index (κ2) is 9.05. The minimum atomic E-state index is -0.509. The molecule has 2 aromatic carbocycles. The Kier molecular flexibility index (Phi) is 6.05. The Balaban J connectivity index is 1.37. The van der Waals surface area contributed by atoms with Crippen LogP contribution in [0.2, 0.25) is 0 Å². The molecule has 0 spiro atoms. The molecular weight excluding hydrogens is 396 g/mol. The Morgan fingerprint density at radius 2 is 1.70 bits per heavy atom. The number of hydrogen-bond donors (Lipinski definition) is 0. The molecule has 4 rings (SSSR count). The zero-order chi connectivity index (χ0) is 20.9. The first-order valence-corrected chi connectivity index (χ1v) is 10.7. The molecule has 5 nitrogen and oxygen atoms in total. The molecule has 2 heterocycles. The van der Waals surface area contributed by atoms with Crippen LogP contribution < -0.4 is 0 Å². The number of hydrogen-bond acceptors (Lipinski definition) is 5. The number of benzene rings is 2. The van der Waals surface area contributed by atoms with E-state index in [4.69, 9.17) is 4.74 Å². The van der Waals surface area contributed by atoms with E-state index in [1.807, 2.05) is 55.5 Å². The van der Waals surface area contributed by atoms with Crippen LogP contribution >= 0.6 is 11.3 Å². The fourth-order valence-electron chi connectivity index (χ4n) is 3.45. The van der Waals surface area contributed by atoms with Crippen LogP contribution in [0.25, 0.3) is 16.8 Å². The highest BCUT2D eigenvalue weighted by molar-refractivity contribution is 7.14. The molecule has 1 aliphatic heterocycles. The highest BCUT2D eigenvalue weighted by Crippen LogP contribution is 2.28. The highest BCUT2D eigenvalue weighted by Gasteiger charge is 2.23. The minimum Gasteiger partial charge on any atom is -0.451 e. The average Bonchev–Trinajstić information content (AvgIpc) is 3.20. The predicted octanol–water partition coefficient (Wildman–Crippen LogP) is 4.59. The Morgan fingerprint density at radius 3 is 2.33 bits per heavy atom. The molecule has 30 heavy (non-hydrogen) atoms. The molecule has 1 amide bonds. The molecule has 0 saturated heterocycles. The van der Waals surface area contributed by atoms with Gasteiger partial charge in [-0.3, -0.25) is 4.79 Å². The largest absolute Gasteiger partial charge is 0.451 e. The number of esters is 1. The predicted molar refractivity (Wildman–Crippen MR) is 118 cm³/mol. The van der Waals surface area contributed by atoms with Crippen LogP contribution in [-0.2, 0) is 9.53 Å². The average molecular weight is 419 g/mol. The van der Waals surface area contributed by atoms with E-state index in [0.717, 1.165) is 17.0 Å². The number of nitrogens with zero attached hydrogens (tertiary/aromatic N) is 2. The molecule has 0 radical (unpaired) electrons. The van der Waals surface area contributed by atoms with Gasteiger partial charge in [0.1, 0.15) is 4.88 Å². The van der Waals surface area contributed by atoms with Crippen LogP contribution in [-0.4, -0.2) is 41.5 Å². The van der Waals surface area contributed by atoms with Crippen molar-refractivity contribution in [3.63, 3.8) is 0 Å². The van der Waals surface area contributed by atoms with Crippen LogP contribution in [0.5, 0.6) is 0 Å². The van der Waals surface area contributed by atoms with Gasteiger partial charge in [0.15, 0.2) is 6.61 Å². The van der Waals surface area contributed by atoms with Crippen molar-refractivity contribution in [1.82, 2.24) is 9.88 Å². The Labute approximate surface area is 179 Å². The van der Waals surface area contributed by atoms with Crippen molar-refractivity contribution >= 4 is 28.8 Å². The summed E-state index contributed by atoms with van der Waals surface area (Å²) in [5.41, 5.74) is 3.88. The number of carbonyl (C=O) groups excluding carboxylic acids is 2. The van der Waals surface area contributed by atoms with Crippen molar-refractivity contribution in [3.8, 4) is 11.3 Å². The minimum absolute atomic E-state index is 0.186. The van der Waals surface area contributed by atoms with Crippen molar-refractivity contribution in [2.75, 3.05) is 19.7 Å². The molecule has 152 valence electrons. The summed E-state index contributed by atoms with van der Waals surface area (Å²) in [6.45, 7) is 2.73. The van der Waals surface area contributed by atoms with Gasteiger partial charge in [-0.1, -0.05) is 66.7 Å². The molecule has 3 aromatic rings. The molecular formula is C24H22N2O3S. The van der Waals surface area contributed by atoms with Crippen LogP contribution in [0.3, 0.4) is 0 Å². The molecule has 6 heteroatoms. The smallest absolute Gasteiger partial charge is 0.351 e. The second-order valence-corrected chi connectivity index (χ2v) is 8.24. The van der Waals surface area contributed by atoms with Gasteiger partial charge in [0.2, 0.25) is 0 Å². The summed E-state index contributed by atoms with van der Waals surface area (Å²) in [5.74, 6) is -0.695. The lowest BCUT2D eigenvalue weighted by molar-refractivity contribution is -0.134. The Hall–Kier alpha value is -3.25. The highest BCUT2D eigenvalue weighted by atomic mass is 32.1.